The third-order valence-electron chi connectivity index (χ3n) is 4.19. The molecule has 3 aromatic rings. The smallest absolute Gasteiger partial charge is 0.264 e. The van der Waals surface area contributed by atoms with Crippen molar-refractivity contribution in [2.24, 2.45) is 0 Å². The summed E-state index contributed by atoms with van der Waals surface area (Å²) in [6.07, 6.45) is 0. The molecule has 0 fully saturated rings. The van der Waals surface area contributed by atoms with Crippen LogP contribution in [0.15, 0.2) is 77.7 Å². The van der Waals surface area contributed by atoms with Crippen LogP contribution in [0.3, 0.4) is 0 Å². The first-order valence-electron chi connectivity index (χ1n) is 8.77. The number of rotatable bonds is 6. The Balaban J connectivity index is 1.91. The van der Waals surface area contributed by atoms with E-state index in [9.17, 15) is 22.0 Å². The van der Waals surface area contributed by atoms with Crippen molar-refractivity contribution in [3.05, 3.63) is 90.0 Å². The number of nitrogens with one attached hydrogen (secondary N) is 1. The maximum Gasteiger partial charge on any atom is 0.264 e. The van der Waals surface area contributed by atoms with Crippen LogP contribution in [0.25, 0.3) is 0 Å². The molecule has 1 N–H and O–H groups in total. The van der Waals surface area contributed by atoms with E-state index in [-0.39, 0.29) is 22.7 Å². The number of benzene rings is 3. The zero-order valence-corrected chi connectivity index (χ0v) is 16.3. The van der Waals surface area contributed by atoms with E-state index in [1.54, 1.807) is 37.3 Å². The van der Waals surface area contributed by atoms with Crippen LogP contribution >= 0.6 is 0 Å². The number of sulfonamides is 1. The molecular weight excluding hydrogens is 398 g/mol. The summed E-state index contributed by atoms with van der Waals surface area (Å²) < 4.78 is 54.2. The van der Waals surface area contributed by atoms with Crippen molar-refractivity contribution in [2.45, 2.75) is 11.8 Å². The first-order chi connectivity index (χ1) is 13.8. The Morgan fingerprint density at radius 3 is 2.34 bits per heavy atom. The maximum absolute atomic E-state index is 13.8. The third-order valence-corrected chi connectivity index (χ3v) is 6.09. The fourth-order valence-electron chi connectivity index (χ4n) is 2.80. The van der Waals surface area contributed by atoms with E-state index < -0.39 is 27.6 Å². The molecule has 0 aliphatic rings. The molecule has 1 amide bonds. The lowest BCUT2D eigenvalue weighted by atomic mass is 10.2. The van der Waals surface area contributed by atoms with Gasteiger partial charge in [0.1, 0.15) is 11.6 Å². The molecule has 150 valence electrons. The highest BCUT2D eigenvalue weighted by Gasteiger charge is 2.24. The summed E-state index contributed by atoms with van der Waals surface area (Å²) in [5.41, 5.74) is 0.321. The fourth-order valence-corrected chi connectivity index (χ4v) is 4.32. The molecule has 0 heterocycles. The molecule has 0 radical (unpaired) electrons. The number of anilines is 2. The fraction of sp³-hybridized carbons (Fsp3) is 0.0952. The van der Waals surface area contributed by atoms with Gasteiger partial charge in [0.05, 0.1) is 16.3 Å². The Morgan fingerprint density at radius 1 is 0.966 bits per heavy atom. The van der Waals surface area contributed by atoms with Crippen LogP contribution in [-0.4, -0.2) is 20.9 Å². The first kappa shape index (κ1) is 20.5. The molecular formula is C21H18F2N2O3S. The topological polar surface area (TPSA) is 66.5 Å². The quantitative estimate of drug-likeness (QED) is 0.646. The first-order valence-corrected chi connectivity index (χ1v) is 10.2. The Labute approximate surface area is 167 Å². The standard InChI is InChI=1S/C21H18F2N2O3S/c1-2-25(17-8-4-3-5-9-17)29(27,28)18-10-6-7-15(13-18)21(26)24-20-12-11-16(22)14-19(20)23/h3-14H,2H2,1H3,(H,24,26). The van der Waals surface area contributed by atoms with E-state index in [2.05, 4.69) is 5.32 Å². The van der Waals surface area contributed by atoms with E-state index in [1.807, 2.05) is 0 Å². The van der Waals surface area contributed by atoms with Crippen molar-refractivity contribution < 1.29 is 22.0 Å². The Hall–Kier alpha value is -3.26. The summed E-state index contributed by atoms with van der Waals surface area (Å²) >= 11 is 0. The molecule has 0 bridgehead atoms. The normalized spacial score (nSPS) is 11.1. The van der Waals surface area contributed by atoms with Crippen molar-refractivity contribution in [1.82, 2.24) is 0 Å². The zero-order chi connectivity index (χ0) is 21.0. The molecule has 3 aromatic carbocycles. The number of amides is 1. The third kappa shape index (κ3) is 4.43. The predicted molar refractivity (Wildman–Crippen MR) is 107 cm³/mol. The lowest BCUT2D eigenvalue weighted by Gasteiger charge is -2.23. The van der Waals surface area contributed by atoms with Gasteiger partial charge in [-0.15, -0.1) is 0 Å². The van der Waals surface area contributed by atoms with Crippen LogP contribution in [0.1, 0.15) is 17.3 Å². The number of nitrogens with zero attached hydrogens (tertiary/aromatic N) is 1. The van der Waals surface area contributed by atoms with Gasteiger partial charge in [-0.1, -0.05) is 24.3 Å². The molecule has 0 aliphatic heterocycles. The molecule has 0 saturated carbocycles. The lowest BCUT2D eigenvalue weighted by molar-refractivity contribution is 0.102. The molecule has 8 heteroatoms. The van der Waals surface area contributed by atoms with Crippen LogP contribution in [0.2, 0.25) is 0 Å². The number of hydrogen-bond donors (Lipinski definition) is 1. The molecule has 3 rings (SSSR count). The van der Waals surface area contributed by atoms with Crippen LogP contribution in [0.5, 0.6) is 0 Å². The van der Waals surface area contributed by atoms with Crippen LogP contribution in [0, 0.1) is 11.6 Å². The number of carbonyl (C=O) groups is 1. The summed E-state index contributed by atoms with van der Waals surface area (Å²) in [5, 5.41) is 2.32. The van der Waals surface area contributed by atoms with Gasteiger partial charge in [-0.3, -0.25) is 9.10 Å². The summed E-state index contributed by atoms with van der Waals surface area (Å²) in [4.78, 5) is 12.4. The van der Waals surface area contributed by atoms with Gasteiger partial charge >= 0.3 is 0 Å². The van der Waals surface area contributed by atoms with Gasteiger partial charge in [0, 0.05) is 18.2 Å². The summed E-state index contributed by atoms with van der Waals surface area (Å²) in [7, 11) is -3.92. The number of para-hydroxylation sites is 1. The van der Waals surface area contributed by atoms with Crippen molar-refractivity contribution in [1.29, 1.82) is 0 Å². The van der Waals surface area contributed by atoms with Gasteiger partial charge in [-0.2, -0.15) is 0 Å². The maximum atomic E-state index is 13.8. The molecule has 0 unspecified atom stereocenters. The zero-order valence-electron chi connectivity index (χ0n) is 15.5. The predicted octanol–water partition coefficient (Wildman–Crippen LogP) is 4.43. The highest BCUT2D eigenvalue weighted by atomic mass is 32.2. The highest BCUT2D eigenvalue weighted by Crippen LogP contribution is 2.24. The monoisotopic (exact) mass is 416 g/mol. The second-order valence-corrected chi connectivity index (χ2v) is 7.97. The molecule has 0 aromatic heterocycles. The number of hydrogen-bond acceptors (Lipinski definition) is 3. The molecule has 29 heavy (non-hydrogen) atoms. The minimum absolute atomic E-state index is 0.0268. The average molecular weight is 416 g/mol. The average Bonchev–Trinajstić information content (AvgIpc) is 2.71. The Kier molecular flexibility index (Phi) is 5.93. The van der Waals surface area contributed by atoms with E-state index in [0.717, 1.165) is 12.1 Å². The summed E-state index contributed by atoms with van der Waals surface area (Å²) in [6.45, 7) is 1.90. The van der Waals surface area contributed by atoms with Gasteiger partial charge in [0.15, 0.2) is 0 Å². The largest absolute Gasteiger partial charge is 0.319 e. The van der Waals surface area contributed by atoms with Crippen molar-refractivity contribution in [2.75, 3.05) is 16.2 Å². The SMILES string of the molecule is CCN(c1ccccc1)S(=O)(=O)c1cccc(C(=O)Nc2ccc(F)cc2F)c1. The number of carbonyl (C=O) groups excluding carboxylic acids is 1. The summed E-state index contributed by atoms with van der Waals surface area (Å²) in [5.74, 6) is -2.41. The van der Waals surface area contributed by atoms with Gasteiger partial charge < -0.3 is 5.32 Å². The van der Waals surface area contributed by atoms with E-state index in [0.29, 0.717) is 11.8 Å². The summed E-state index contributed by atoms with van der Waals surface area (Å²) in [6, 6.07) is 16.8. The lowest BCUT2D eigenvalue weighted by Crippen LogP contribution is -2.31. The van der Waals surface area contributed by atoms with Crippen molar-refractivity contribution in [3.8, 4) is 0 Å². The van der Waals surface area contributed by atoms with Gasteiger partial charge in [0.2, 0.25) is 0 Å². The van der Waals surface area contributed by atoms with Crippen LogP contribution < -0.4 is 9.62 Å². The van der Waals surface area contributed by atoms with Crippen LogP contribution in [-0.2, 0) is 10.0 Å². The molecule has 0 aliphatic carbocycles. The van der Waals surface area contributed by atoms with Gasteiger partial charge in [-0.05, 0) is 49.4 Å². The molecule has 0 atom stereocenters. The minimum atomic E-state index is -3.92. The molecule has 0 saturated heterocycles. The van der Waals surface area contributed by atoms with Crippen molar-refractivity contribution in [3.63, 3.8) is 0 Å². The minimum Gasteiger partial charge on any atom is -0.319 e. The molecule has 5 nitrogen and oxygen atoms in total. The second kappa shape index (κ2) is 8.40. The van der Waals surface area contributed by atoms with E-state index in [1.165, 1.54) is 28.6 Å². The van der Waals surface area contributed by atoms with Gasteiger partial charge in [0.25, 0.3) is 15.9 Å². The second-order valence-electron chi connectivity index (χ2n) is 6.11. The van der Waals surface area contributed by atoms with Crippen molar-refractivity contribution >= 4 is 27.3 Å². The molecule has 0 spiro atoms. The van der Waals surface area contributed by atoms with E-state index >= 15 is 0 Å². The number of halogens is 2. The Bertz CT molecular complexity index is 1140. The van der Waals surface area contributed by atoms with Crippen LogP contribution in [0.4, 0.5) is 20.2 Å². The highest BCUT2D eigenvalue weighted by molar-refractivity contribution is 7.92. The Morgan fingerprint density at radius 2 is 1.69 bits per heavy atom. The van der Waals surface area contributed by atoms with E-state index in [4.69, 9.17) is 0 Å². The van der Waals surface area contributed by atoms with Gasteiger partial charge in [-0.25, -0.2) is 17.2 Å².